The van der Waals surface area contributed by atoms with Crippen molar-refractivity contribution in [3.8, 4) is 0 Å². The minimum Gasteiger partial charge on any atom is -1.00 e. The van der Waals surface area contributed by atoms with E-state index in [2.05, 4.69) is 56.4 Å². The van der Waals surface area contributed by atoms with Gasteiger partial charge in [0.2, 0.25) is 0 Å². The molecule has 2 heteroatoms. The molecule has 0 atom stereocenters. The number of halogens is 1. The van der Waals surface area contributed by atoms with E-state index in [1.165, 1.54) is 12.1 Å². The van der Waals surface area contributed by atoms with Crippen LogP contribution >= 0.6 is 0 Å². The third-order valence-corrected chi connectivity index (χ3v) is 2.27. The summed E-state index contributed by atoms with van der Waals surface area (Å²) < 4.78 is 0. The molecular weight excluding hydrogens is 182 g/mol. The third kappa shape index (κ3) is 4.30. The quantitative estimate of drug-likeness (QED) is 0.607. The van der Waals surface area contributed by atoms with Crippen LogP contribution in [0.1, 0.15) is 27.2 Å². The minimum atomic E-state index is 0. The molecule has 2 N–H and O–H groups in total. The van der Waals surface area contributed by atoms with Gasteiger partial charge < -0.3 is 17.7 Å². The number of rotatable bonds is 3. The normalized spacial score (nSPS) is 10.7. The Morgan fingerprint density at radius 3 is 2.15 bits per heavy atom. The highest BCUT2D eigenvalue weighted by Crippen LogP contribution is 2.05. The Balaban J connectivity index is 0.00000144. The van der Waals surface area contributed by atoms with E-state index < -0.39 is 0 Å². The van der Waals surface area contributed by atoms with Crippen molar-refractivity contribution in [1.29, 1.82) is 0 Å². The fourth-order valence-electron chi connectivity index (χ4n) is 1.10. The zero-order valence-corrected chi connectivity index (χ0v) is 9.31. The summed E-state index contributed by atoms with van der Waals surface area (Å²) in [4.78, 5) is 0. The van der Waals surface area contributed by atoms with Crippen molar-refractivity contribution in [3.05, 3.63) is 30.3 Å². The van der Waals surface area contributed by atoms with Gasteiger partial charge in [0, 0.05) is 0 Å². The third-order valence-electron chi connectivity index (χ3n) is 2.27. The number of para-hydroxylation sites is 1. The number of quaternary nitrogens is 1. The zero-order valence-electron chi connectivity index (χ0n) is 8.55. The van der Waals surface area contributed by atoms with Gasteiger partial charge in [0.1, 0.15) is 5.69 Å². The Bertz CT molecular complexity index is 231. The molecule has 0 saturated heterocycles. The van der Waals surface area contributed by atoms with E-state index in [0.717, 1.165) is 0 Å². The average Bonchev–Trinajstić information content (AvgIpc) is 2.06. The summed E-state index contributed by atoms with van der Waals surface area (Å²) in [5, 5.41) is 2.33. The van der Waals surface area contributed by atoms with E-state index in [1.54, 1.807) is 0 Å². The zero-order chi connectivity index (χ0) is 9.03. The summed E-state index contributed by atoms with van der Waals surface area (Å²) in [5.41, 5.74) is 1.64. The van der Waals surface area contributed by atoms with Crippen molar-refractivity contribution in [2.24, 2.45) is 0 Å². The standard InChI is InChI=1S/C11H17N.ClH/c1-4-11(2,3)12-10-8-6-5-7-9-10;/h5-9,12H,4H2,1-3H3;1H. The van der Waals surface area contributed by atoms with Crippen molar-refractivity contribution in [2.45, 2.75) is 32.7 Å². The van der Waals surface area contributed by atoms with E-state index >= 15 is 0 Å². The minimum absolute atomic E-state index is 0. The van der Waals surface area contributed by atoms with E-state index in [0.29, 0.717) is 5.54 Å². The van der Waals surface area contributed by atoms with Crippen LogP contribution in [0.15, 0.2) is 30.3 Å². The molecule has 0 aliphatic rings. The molecule has 0 aromatic heterocycles. The lowest BCUT2D eigenvalue weighted by atomic mass is 10.0. The smallest absolute Gasteiger partial charge is 0.129 e. The Hall–Kier alpha value is -0.530. The van der Waals surface area contributed by atoms with Crippen LogP contribution in [-0.2, 0) is 0 Å². The van der Waals surface area contributed by atoms with Crippen LogP contribution in [0.4, 0.5) is 5.69 Å². The SMILES string of the molecule is CCC(C)(C)[NH2+]c1ccccc1.[Cl-]. The largest absolute Gasteiger partial charge is 1.00 e. The van der Waals surface area contributed by atoms with E-state index in [1.807, 2.05) is 0 Å². The van der Waals surface area contributed by atoms with Crippen LogP contribution in [0.2, 0.25) is 0 Å². The lowest BCUT2D eigenvalue weighted by molar-refractivity contribution is -0.647. The summed E-state index contributed by atoms with van der Waals surface area (Å²) in [6, 6.07) is 10.5. The van der Waals surface area contributed by atoms with E-state index in [-0.39, 0.29) is 12.4 Å². The van der Waals surface area contributed by atoms with Gasteiger partial charge in [-0.1, -0.05) is 25.1 Å². The van der Waals surface area contributed by atoms with Crippen LogP contribution in [-0.4, -0.2) is 5.54 Å². The predicted octanol–water partition coefficient (Wildman–Crippen LogP) is -0.926. The fraction of sp³-hybridized carbons (Fsp3) is 0.455. The summed E-state index contributed by atoms with van der Waals surface area (Å²) in [6.45, 7) is 6.75. The van der Waals surface area contributed by atoms with Gasteiger partial charge in [-0.05, 0) is 32.4 Å². The molecule has 1 rings (SSSR count). The monoisotopic (exact) mass is 199 g/mol. The Morgan fingerprint density at radius 2 is 1.69 bits per heavy atom. The number of benzene rings is 1. The van der Waals surface area contributed by atoms with E-state index in [9.17, 15) is 0 Å². The first-order valence-corrected chi connectivity index (χ1v) is 4.55. The number of nitrogens with two attached hydrogens (primary N) is 1. The average molecular weight is 200 g/mol. The molecule has 0 fully saturated rings. The molecule has 0 bridgehead atoms. The summed E-state index contributed by atoms with van der Waals surface area (Å²) >= 11 is 0. The maximum Gasteiger partial charge on any atom is 0.129 e. The van der Waals surface area contributed by atoms with Gasteiger partial charge in [0.15, 0.2) is 0 Å². The van der Waals surface area contributed by atoms with Gasteiger partial charge in [-0.25, -0.2) is 0 Å². The van der Waals surface area contributed by atoms with E-state index in [4.69, 9.17) is 0 Å². The van der Waals surface area contributed by atoms with Crippen molar-refractivity contribution >= 4 is 5.69 Å². The highest BCUT2D eigenvalue weighted by atomic mass is 35.5. The van der Waals surface area contributed by atoms with Crippen molar-refractivity contribution in [2.75, 3.05) is 0 Å². The molecule has 0 heterocycles. The lowest BCUT2D eigenvalue weighted by Gasteiger charge is -2.20. The van der Waals surface area contributed by atoms with Crippen LogP contribution in [0.5, 0.6) is 0 Å². The highest BCUT2D eigenvalue weighted by Gasteiger charge is 2.18. The molecule has 0 aliphatic carbocycles. The summed E-state index contributed by atoms with van der Waals surface area (Å²) in [7, 11) is 0. The van der Waals surface area contributed by atoms with Gasteiger partial charge >= 0.3 is 0 Å². The molecule has 0 unspecified atom stereocenters. The summed E-state index contributed by atoms with van der Waals surface area (Å²) in [5.74, 6) is 0. The van der Waals surface area contributed by atoms with Crippen molar-refractivity contribution in [1.82, 2.24) is 0 Å². The fourth-order valence-corrected chi connectivity index (χ4v) is 1.10. The highest BCUT2D eigenvalue weighted by molar-refractivity contribution is 5.27. The number of hydrogen-bond acceptors (Lipinski definition) is 0. The molecule has 1 aromatic carbocycles. The van der Waals surface area contributed by atoms with Crippen LogP contribution in [0, 0.1) is 0 Å². The molecule has 13 heavy (non-hydrogen) atoms. The van der Waals surface area contributed by atoms with Crippen molar-refractivity contribution < 1.29 is 17.7 Å². The van der Waals surface area contributed by atoms with Crippen LogP contribution in [0.25, 0.3) is 0 Å². The van der Waals surface area contributed by atoms with Gasteiger partial charge in [-0.15, -0.1) is 0 Å². The van der Waals surface area contributed by atoms with Gasteiger partial charge in [0.25, 0.3) is 0 Å². The second kappa shape index (κ2) is 5.25. The molecule has 0 amide bonds. The first kappa shape index (κ1) is 12.5. The Labute approximate surface area is 87.0 Å². The second-order valence-electron chi connectivity index (χ2n) is 3.90. The molecule has 0 aliphatic heterocycles. The molecular formula is C11H18ClN. The topological polar surface area (TPSA) is 16.6 Å². The molecule has 0 radical (unpaired) electrons. The van der Waals surface area contributed by atoms with Gasteiger partial charge in [-0.2, -0.15) is 0 Å². The molecule has 74 valence electrons. The first-order valence-electron chi connectivity index (χ1n) is 4.55. The second-order valence-corrected chi connectivity index (χ2v) is 3.90. The number of hydrogen-bond donors (Lipinski definition) is 1. The van der Waals surface area contributed by atoms with Crippen LogP contribution in [0.3, 0.4) is 0 Å². The molecule has 1 nitrogen and oxygen atoms in total. The van der Waals surface area contributed by atoms with Gasteiger partial charge in [0.05, 0.1) is 5.54 Å². The summed E-state index contributed by atoms with van der Waals surface area (Å²) in [6.07, 6.45) is 1.18. The predicted molar refractivity (Wildman–Crippen MR) is 52.4 cm³/mol. The maximum absolute atomic E-state index is 2.33. The Kier molecular flexibility index (Phi) is 5.04. The molecule has 0 saturated carbocycles. The molecule has 1 aromatic rings. The van der Waals surface area contributed by atoms with Gasteiger partial charge in [-0.3, -0.25) is 0 Å². The van der Waals surface area contributed by atoms with Crippen molar-refractivity contribution in [3.63, 3.8) is 0 Å². The van der Waals surface area contributed by atoms with Crippen LogP contribution < -0.4 is 17.7 Å². The lowest BCUT2D eigenvalue weighted by Crippen LogP contribution is -3.00. The first-order chi connectivity index (χ1) is 5.64. The Morgan fingerprint density at radius 1 is 1.15 bits per heavy atom. The maximum atomic E-state index is 2.33. The molecule has 0 spiro atoms.